The first-order valence-corrected chi connectivity index (χ1v) is 11.0. The highest BCUT2D eigenvalue weighted by Crippen LogP contribution is 2.23. The van der Waals surface area contributed by atoms with Gasteiger partial charge >= 0.3 is 0 Å². The predicted molar refractivity (Wildman–Crippen MR) is 125 cm³/mol. The fourth-order valence-corrected chi connectivity index (χ4v) is 4.20. The van der Waals surface area contributed by atoms with Crippen LogP contribution in [0, 0.1) is 0 Å². The van der Waals surface area contributed by atoms with Crippen LogP contribution in [0.2, 0.25) is 0 Å². The molecule has 3 aromatic carbocycles. The van der Waals surface area contributed by atoms with Gasteiger partial charge in [-0.15, -0.1) is 0 Å². The summed E-state index contributed by atoms with van der Waals surface area (Å²) < 4.78 is 0. The first-order chi connectivity index (χ1) is 14.8. The lowest BCUT2D eigenvalue weighted by Gasteiger charge is -2.32. The monoisotopic (exact) mass is 414 g/mol. The maximum atomic E-state index is 13.1. The van der Waals surface area contributed by atoms with E-state index in [1.807, 2.05) is 71.6 Å². The van der Waals surface area contributed by atoms with Crippen molar-refractivity contribution in [2.45, 2.75) is 45.1 Å². The molecule has 2 amide bonds. The number of carbonyl (C=O) groups is 2. The van der Waals surface area contributed by atoms with E-state index in [0.717, 1.165) is 29.2 Å². The minimum absolute atomic E-state index is 0.0423. The van der Waals surface area contributed by atoms with E-state index in [-0.39, 0.29) is 23.3 Å². The van der Waals surface area contributed by atoms with Gasteiger partial charge < -0.3 is 10.2 Å². The lowest BCUT2D eigenvalue weighted by molar-refractivity contribution is 0.0700. The first kappa shape index (κ1) is 21.1. The van der Waals surface area contributed by atoms with Crippen molar-refractivity contribution in [3.05, 3.63) is 83.4 Å². The average molecular weight is 415 g/mol. The molecule has 31 heavy (non-hydrogen) atoms. The van der Waals surface area contributed by atoms with Crippen molar-refractivity contribution in [3.8, 4) is 0 Å². The summed E-state index contributed by atoms with van der Waals surface area (Å²) in [7, 11) is 0. The number of hydrogen-bond donors (Lipinski definition) is 1. The van der Waals surface area contributed by atoms with Crippen LogP contribution in [0.15, 0.2) is 66.7 Å². The molecule has 0 radical (unpaired) electrons. The second-order valence-corrected chi connectivity index (χ2v) is 9.39. The zero-order valence-electron chi connectivity index (χ0n) is 18.5. The van der Waals surface area contributed by atoms with Gasteiger partial charge in [0.1, 0.15) is 0 Å². The number of rotatable bonds is 3. The number of likely N-dealkylation sites (tertiary alicyclic amines) is 1. The van der Waals surface area contributed by atoms with Crippen LogP contribution in [0.4, 0.5) is 0 Å². The van der Waals surface area contributed by atoms with E-state index >= 15 is 0 Å². The van der Waals surface area contributed by atoms with E-state index in [4.69, 9.17) is 0 Å². The van der Waals surface area contributed by atoms with Gasteiger partial charge in [-0.1, -0.05) is 69.3 Å². The standard InChI is InChI=1S/C27H30N2O2/c1-27(2,3)21-13-11-20(12-14-21)25(30)28-22-15-17-29(18-16-22)26(31)24-10-6-8-19-7-4-5-9-23(19)24/h4-14,22H,15-18H2,1-3H3,(H,28,30). The smallest absolute Gasteiger partial charge is 0.254 e. The van der Waals surface area contributed by atoms with Crippen molar-refractivity contribution in [2.24, 2.45) is 0 Å². The number of amides is 2. The third-order valence-corrected chi connectivity index (χ3v) is 6.15. The van der Waals surface area contributed by atoms with E-state index < -0.39 is 0 Å². The Morgan fingerprint density at radius 2 is 1.52 bits per heavy atom. The van der Waals surface area contributed by atoms with Gasteiger partial charge in [-0.3, -0.25) is 9.59 Å². The van der Waals surface area contributed by atoms with Gasteiger partial charge in [0.15, 0.2) is 0 Å². The summed E-state index contributed by atoms with van der Waals surface area (Å²) >= 11 is 0. The largest absolute Gasteiger partial charge is 0.349 e. The third kappa shape index (κ3) is 4.63. The quantitative estimate of drug-likeness (QED) is 0.643. The molecule has 0 aromatic heterocycles. The van der Waals surface area contributed by atoms with Crippen LogP contribution >= 0.6 is 0 Å². The normalized spacial score (nSPS) is 15.1. The van der Waals surface area contributed by atoms with Crippen molar-refractivity contribution in [3.63, 3.8) is 0 Å². The van der Waals surface area contributed by atoms with E-state index in [1.54, 1.807) is 0 Å². The topological polar surface area (TPSA) is 49.4 Å². The highest BCUT2D eigenvalue weighted by molar-refractivity contribution is 6.07. The van der Waals surface area contributed by atoms with Gasteiger partial charge in [0.2, 0.25) is 0 Å². The number of fused-ring (bicyclic) bond motifs is 1. The molecule has 1 aliphatic rings. The van der Waals surface area contributed by atoms with Gasteiger partial charge in [-0.2, -0.15) is 0 Å². The minimum Gasteiger partial charge on any atom is -0.349 e. The van der Waals surface area contributed by atoms with E-state index in [1.165, 1.54) is 5.56 Å². The van der Waals surface area contributed by atoms with Gasteiger partial charge in [-0.25, -0.2) is 0 Å². The molecule has 1 heterocycles. The molecule has 0 bridgehead atoms. The second-order valence-electron chi connectivity index (χ2n) is 9.39. The summed E-state index contributed by atoms with van der Waals surface area (Å²) in [6.07, 6.45) is 1.53. The fourth-order valence-electron chi connectivity index (χ4n) is 4.20. The molecular weight excluding hydrogens is 384 g/mol. The molecule has 0 spiro atoms. The summed E-state index contributed by atoms with van der Waals surface area (Å²) in [4.78, 5) is 27.7. The maximum Gasteiger partial charge on any atom is 0.254 e. The number of carbonyl (C=O) groups excluding carboxylic acids is 2. The summed E-state index contributed by atoms with van der Waals surface area (Å²) in [5.41, 5.74) is 2.71. The van der Waals surface area contributed by atoms with Crippen molar-refractivity contribution in [2.75, 3.05) is 13.1 Å². The maximum absolute atomic E-state index is 13.1. The Morgan fingerprint density at radius 3 is 2.19 bits per heavy atom. The van der Waals surface area contributed by atoms with Crippen molar-refractivity contribution in [1.82, 2.24) is 10.2 Å². The van der Waals surface area contributed by atoms with Crippen LogP contribution in [0.3, 0.4) is 0 Å². The van der Waals surface area contributed by atoms with Crippen LogP contribution in [-0.2, 0) is 5.41 Å². The lowest BCUT2D eigenvalue weighted by Crippen LogP contribution is -2.46. The molecule has 4 heteroatoms. The van der Waals surface area contributed by atoms with Crippen LogP contribution < -0.4 is 5.32 Å². The molecule has 160 valence electrons. The van der Waals surface area contributed by atoms with E-state index in [9.17, 15) is 9.59 Å². The number of benzene rings is 3. The molecule has 0 saturated carbocycles. The Morgan fingerprint density at radius 1 is 0.871 bits per heavy atom. The molecule has 4 nitrogen and oxygen atoms in total. The number of nitrogens with zero attached hydrogens (tertiary/aromatic N) is 1. The molecule has 1 saturated heterocycles. The molecule has 0 atom stereocenters. The molecule has 4 rings (SSSR count). The summed E-state index contributed by atoms with van der Waals surface area (Å²) in [5.74, 6) is 0.0265. The number of piperidine rings is 1. The first-order valence-electron chi connectivity index (χ1n) is 11.0. The van der Waals surface area contributed by atoms with E-state index in [0.29, 0.717) is 18.7 Å². The highest BCUT2D eigenvalue weighted by atomic mass is 16.2. The fraction of sp³-hybridized carbons (Fsp3) is 0.333. The van der Waals surface area contributed by atoms with Gasteiger partial charge in [0.25, 0.3) is 11.8 Å². The molecule has 1 fully saturated rings. The number of nitrogens with one attached hydrogen (secondary N) is 1. The van der Waals surface area contributed by atoms with Crippen LogP contribution in [0.5, 0.6) is 0 Å². The Hall–Kier alpha value is -3.14. The molecule has 3 aromatic rings. The van der Waals surface area contributed by atoms with Crippen molar-refractivity contribution >= 4 is 22.6 Å². The second kappa shape index (κ2) is 8.54. The van der Waals surface area contributed by atoms with Crippen molar-refractivity contribution in [1.29, 1.82) is 0 Å². The Labute approximate surface area is 184 Å². The molecule has 1 aliphatic heterocycles. The predicted octanol–water partition coefficient (Wildman–Crippen LogP) is 5.17. The molecule has 0 unspecified atom stereocenters. The van der Waals surface area contributed by atoms with Crippen LogP contribution in [-0.4, -0.2) is 35.8 Å². The molecule has 1 N–H and O–H groups in total. The van der Waals surface area contributed by atoms with Crippen molar-refractivity contribution < 1.29 is 9.59 Å². The lowest BCUT2D eigenvalue weighted by atomic mass is 9.86. The summed E-state index contributed by atoms with van der Waals surface area (Å²) in [6.45, 7) is 7.78. The van der Waals surface area contributed by atoms with E-state index in [2.05, 4.69) is 26.1 Å². The minimum atomic E-state index is -0.0423. The molecular formula is C27H30N2O2. The third-order valence-electron chi connectivity index (χ3n) is 6.15. The SMILES string of the molecule is CC(C)(C)c1ccc(C(=O)NC2CCN(C(=O)c3cccc4ccccc34)CC2)cc1. The Balaban J connectivity index is 1.36. The number of hydrogen-bond acceptors (Lipinski definition) is 2. The zero-order chi connectivity index (χ0) is 22.0. The highest BCUT2D eigenvalue weighted by Gasteiger charge is 2.26. The molecule has 0 aliphatic carbocycles. The van der Waals surface area contributed by atoms with Gasteiger partial charge in [0, 0.05) is 30.3 Å². The Kier molecular flexibility index (Phi) is 5.81. The zero-order valence-corrected chi connectivity index (χ0v) is 18.5. The van der Waals surface area contributed by atoms with Crippen LogP contribution in [0.1, 0.15) is 59.9 Å². The van der Waals surface area contributed by atoms with Gasteiger partial charge in [0.05, 0.1) is 0 Å². The van der Waals surface area contributed by atoms with Crippen LogP contribution in [0.25, 0.3) is 10.8 Å². The average Bonchev–Trinajstić information content (AvgIpc) is 2.78. The Bertz CT molecular complexity index is 1080. The summed E-state index contributed by atoms with van der Waals surface area (Å²) in [5, 5.41) is 5.21. The van der Waals surface area contributed by atoms with Gasteiger partial charge in [-0.05, 0) is 52.8 Å². The summed E-state index contributed by atoms with van der Waals surface area (Å²) in [6, 6.07) is 21.8.